The summed E-state index contributed by atoms with van der Waals surface area (Å²) in [5, 5.41) is 0. The maximum absolute atomic E-state index is 12.9. The lowest BCUT2D eigenvalue weighted by molar-refractivity contribution is -0.163. The van der Waals surface area contributed by atoms with Crippen LogP contribution in [-0.2, 0) is 23.8 Å². The molecule has 0 amide bonds. The van der Waals surface area contributed by atoms with Gasteiger partial charge in [0, 0.05) is 19.4 Å². The average Bonchev–Trinajstić information content (AvgIpc) is 3.34. The van der Waals surface area contributed by atoms with Crippen LogP contribution in [0.4, 0.5) is 0 Å². The van der Waals surface area contributed by atoms with Crippen LogP contribution in [0.2, 0.25) is 0 Å². The SMILES string of the molecule is CC/C=C\C/C=C\C/C=C\C/C=C\C/C=C\CCCCCC(=O)OCC(COCCCCCCCC/C=C\C/C=C\CCC)OC(=O)CCCCCCCC/C=C\C/C=C\C/C=C\C/C=C\CC. The third-order valence-corrected chi connectivity index (χ3v) is 11.1. The van der Waals surface area contributed by atoms with Crippen molar-refractivity contribution in [2.24, 2.45) is 0 Å². The summed E-state index contributed by atoms with van der Waals surface area (Å²) in [6, 6.07) is 0. The van der Waals surface area contributed by atoms with Crippen LogP contribution in [0, 0.1) is 0 Å². The highest BCUT2D eigenvalue weighted by molar-refractivity contribution is 5.70. The van der Waals surface area contributed by atoms with Crippen molar-refractivity contribution in [3.05, 3.63) is 134 Å². The van der Waals surface area contributed by atoms with Crippen molar-refractivity contribution in [3.63, 3.8) is 0 Å². The van der Waals surface area contributed by atoms with E-state index in [-0.39, 0.29) is 25.2 Å². The molecule has 68 heavy (non-hydrogen) atoms. The van der Waals surface area contributed by atoms with Gasteiger partial charge in [-0.15, -0.1) is 0 Å². The molecule has 0 aromatic rings. The molecule has 384 valence electrons. The third kappa shape index (κ3) is 54.6. The summed E-state index contributed by atoms with van der Waals surface area (Å²) in [5.74, 6) is -0.464. The number of ether oxygens (including phenoxy) is 3. The molecule has 0 radical (unpaired) electrons. The standard InChI is InChI=1S/C63H102O5/c1-4-7-10-13-16-19-22-25-28-30-32-34-36-38-41-44-47-50-53-56-62(64)67-60-61(59-66-58-55-52-49-46-43-40-27-24-21-18-15-12-9-6-3)68-63(65)57-54-51-48-45-42-39-37-35-33-31-29-26-23-20-17-14-11-8-5-2/h7-8,10-12,15-17,19-21,24-26,28-29,32-35,38,41,61H,4-6,9,13-14,18,22-23,27,30-31,36-37,39-40,42-60H2,1-3H3/b10-7-,11-8-,15-12-,19-16-,20-17-,24-21-,28-25-,29-26-,34-32-,35-33-,41-38-. The van der Waals surface area contributed by atoms with E-state index in [1.165, 1.54) is 57.8 Å². The Balaban J connectivity index is 4.40. The molecular formula is C63H102O5. The van der Waals surface area contributed by atoms with Gasteiger partial charge in [0.1, 0.15) is 6.61 Å². The third-order valence-electron chi connectivity index (χ3n) is 11.1. The summed E-state index contributed by atoms with van der Waals surface area (Å²) in [6.45, 7) is 7.46. The maximum atomic E-state index is 12.9. The summed E-state index contributed by atoms with van der Waals surface area (Å²) >= 11 is 0. The second-order valence-electron chi connectivity index (χ2n) is 17.7. The fraction of sp³-hybridized carbons (Fsp3) is 0.619. The Hall–Kier alpha value is -3.96. The van der Waals surface area contributed by atoms with Gasteiger partial charge in [-0.3, -0.25) is 9.59 Å². The molecule has 0 fully saturated rings. The fourth-order valence-corrected chi connectivity index (χ4v) is 7.09. The van der Waals surface area contributed by atoms with Gasteiger partial charge >= 0.3 is 11.9 Å². The van der Waals surface area contributed by atoms with Gasteiger partial charge in [0.2, 0.25) is 0 Å². The Morgan fingerprint density at radius 1 is 0.338 bits per heavy atom. The summed E-state index contributed by atoms with van der Waals surface area (Å²) < 4.78 is 17.4. The lowest BCUT2D eigenvalue weighted by atomic mass is 10.1. The van der Waals surface area contributed by atoms with Gasteiger partial charge in [-0.25, -0.2) is 0 Å². The fourth-order valence-electron chi connectivity index (χ4n) is 7.09. The van der Waals surface area contributed by atoms with E-state index in [2.05, 4.69) is 154 Å². The van der Waals surface area contributed by atoms with Crippen molar-refractivity contribution in [2.45, 2.75) is 232 Å². The lowest BCUT2D eigenvalue weighted by Crippen LogP contribution is -2.30. The molecule has 0 aliphatic heterocycles. The maximum Gasteiger partial charge on any atom is 0.306 e. The van der Waals surface area contributed by atoms with E-state index < -0.39 is 6.10 Å². The molecule has 0 aromatic carbocycles. The summed E-state index contributed by atoms with van der Waals surface area (Å²) in [7, 11) is 0. The second kappa shape index (κ2) is 57.4. The van der Waals surface area contributed by atoms with Crippen LogP contribution >= 0.6 is 0 Å². The Labute approximate surface area is 419 Å². The minimum absolute atomic E-state index is 0.0490. The molecule has 0 saturated heterocycles. The first-order valence-electron chi connectivity index (χ1n) is 27.7. The van der Waals surface area contributed by atoms with Gasteiger partial charge in [0.15, 0.2) is 6.10 Å². The molecule has 1 unspecified atom stereocenters. The van der Waals surface area contributed by atoms with Crippen molar-refractivity contribution < 1.29 is 23.8 Å². The van der Waals surface area contributed by atoms with Crippen LogP contribution in [0.15, 0.2) is 134 Å². The van der Waals surface area contributed by atoms with Crippen LogP contribution in [0.1, 0.15) is 226 Å². The first-order valence-corrected chi connectivity index (χ1v) is 27.7. The number of hydrogen-bond donors (Lipinski definition) is 0. The zero-order chi connectivity index (χ0) is 49.2. The molecule has 1 atom stereocenters. The lowest BCUT2D eigenvalue weighted by Gasteiger charge is -2.18. The molecule has 0 saturated carbocycles. The Morgan fingerprint density at radius 2 is 0.662 bits per heavy atom. The van der Waals surface area contributed by atoms with Crippen LogP contribution in [0.3, 0.4) is 0 Å². The highest BCUT2D eigenvalue weighted by Gasteiger charge is 2.17. The van der Waals surface area contributed by atoms with Gasteiger partial charge < -0.3 is 14.2 Å². The predicted octanol–water partition coefficient (Wildman–Crippen LogP) is 19.1. The highest BCUT2D eigenvalue weighted by Crippen LogP contribution is 2.13. The number of hydrogen-bond acceptors (Lipinski definition) is 5. The number of carbonyl (C=O) groups excluding carboxylic acids is 2. The molecule has 0 N–H and O–H groups in total. The van der Waals surface area contributed by atoms with E-state index in [0.29, 0.717) is 19.4 Å². The van der Waals surface area contributed by atoms with Crippen molar-refractivity contribution >= 4 is 11.9 Å². The zero-order valence-electron chi connectivity index (χ0n) is 44.1. The number of esters is 2. The molecule has 0 bridgehead atoms. The molecule has 0 aromatic heterocycles. The monoisotopic (exact) mass is 939 g/mol. The minimum Gasteiger partial charge on any atom is -0.462 e. The number of rotatable bonds is 49. The predicted molar refractivity (Wildman–Crippen MR) is 297 cm³/mol. The van der Waals surface area contributed by atoms with E-state index >= 15 is 0 Å². The van der Waals surface area contributed by atoms with Gasteiger partial charge in [0.05, 0.1) is 6.61 Å². The van der Waals surface area contributed by atoms with E-state index in [9.17, 15) is 9.59 Å². The minimum atomic E-state index is -0.574. The van der Waals surface area contributed by atoms with E-state index in [4.69, 9.17) is 14.2 Å². The summed E-state index contributed by atoms with van der Waals surface area (Å²) in [5.41, 5.74) is 0. The van der Waals surface area contributed by atoms with E-state index in [0.717, 1.165) is 135 Å². The number of unbranched alkanes of at least 4 members (excludes halogenated alkanes) is 16. The zero-order valence-corrected chi connectivity index (χ0v) is 44.1. The number of allylic oxidation sites excluding steroid dienone is 22. The van der Waals surface area contributed by atoms with Crippen LogP contribution in [0.5, 0.6) is 0 Å². The van der Waals surface area contributed by atoms with E-state index in [1.807, 2.05) is 0 Å². The van der Waals surface area contributed by atoms with E-state index in [1.54, 1.807) is 0 Å². The topological polar surface area (TPSA) is 61.8 Å². The Morgan fingerprint density at radius 3 is 1.07 bits per heavy atom. The smallest absolute Gasteiger partial charge is 0.306 e. The number of carbonyl (C=O) groups is 2. The molecule has 5 nitrogen and oxygen atoms in total. The normalized spacial score (nSPS) is 13.3. The van der Waals surface area contributed by atoms with Crippen LogP contribution in [0.25, 0.3) is 0 Å². The van der Waals surface area contributed by atoms with Crippen LogP contribution in [-0.4, -0.2) is 37.9 Å². The Kier molecular flexibility index (Phi) is 54.0. The van der Waals surface area contributed by atoms with Crippen molar-refractivity contribution in [3.8, 4) is 0 Å². The van der Waals surface area contributed by atoms with Crippen molar-refractivity contribution in [1.29, 1.82) is 0 Å². The molecule has 0 aliphatic carbocycles. The van der Waals surface area contributed by atoms with Crippen LogP contribution < -0.4 is 0 Å². The largest absolute Gasteiger partial charge is 0.462 e. The average molecular weight is 940 g/mol. The van der Waals surface area contributed by atoms with Crippen molar-refractivity contribution in [2.75, 3.05) is 19.8 Å². The molecule has 0 spiro atoms. The first-order chi connectivity index (χ1) is 33.6. The molecule has 0 heterocycles. The Bertz CT molecular complexity index is 1430. The molecule has 5 heteroatoms. The highest BCUT2D eigenvalue weighted by atomic mass is 16.6. The molecule has 0 aliphatic rings. The second-order valence-corrected chi connectivity index (χ2v) is 17.7. The van der Waals surface area contributed by atoms with Gasteiger partial charge in [-0.1, -0.05) is 219 Å². The molecule has 0 rings (SSSR count). The molecular weight excluding hydrogens is 837 g/mol. The quantitative estimate of drug-likeness (QED) is 0.0345. The summed E-state index contributed by atoms with van der Waals surface area (Å²) in [6.07, 6.45) is 81.8. The van der Waals surface area contributed by atoms with Gasteiger partial charge in [0.25, 0.3) is 0 Å². The first kappa shape index (κ1) is 64.0. The van der Waals surface area contributed by atoms with Gasteiger partial charge in [-0.2, -0.15) is 0 Å². The van der Waals surface area contributed by atoms with Gasteiger partial charge in [-0.05, 0) is 128 Å². The summed E-state index contributed by atoms with van der Waals surface area (Å²) in [4.78, 5) is 25.5. The van der Waals surface area contributed by atoms with Crippen molar-refractivity contribution in [1.82, 2.24) is 0 Å².